The smallest absolute Gasteiger partial charge is 0.226 e. The highest BCUT2D eigenvalue weighted by Gasteiger charge is 2.22. The van der Waals surface area contributed by atoms with E-state index in [-0.39, 0.29) is 0 Å². The maximum absolute atomic E-state index is 4.84. The van der Waals surface area contributed by atoms with Crippen LogP contribution in [0.5, 0.6) is 0 Å². The predicted molar refractivity (Wildman–Crippen MR) is 136 cm³/mol. The number of allylic oxidation sites excluding steroid dienone is 3. The Bertz CT molecular complexity index is 1080. The molecule has 6 nitrogen and oxygen atoms in total. The van der Waals surface area contributed by atoms with Gasteiger partial charge in [0.15, 0.2) is 0 Å². The molecule has 0 atom stereocenters. The van der Waals surface area contributed by atoms with Gasteiger partial charge in [-0.2, -0.15) is 0 Å². The van der Waals surface area contributed by atoms with Crippen LogP contribution in [0.3, 0.4) is 0 Å². The summed E-state index contributed by atoms with van der Waals surface area (Å²) in [6.07, 6.45) is 7.85. The Morgan fingerprint density at radius 2 is 1.79 bits per heavy atom. The molecule has 2 aliphatic rings. The third-order valence-electron chi connectivity index (χ3n) is 6.32. The molecule has 0 amide bonds. The van der Waals surface area contributed by atoms with Crippen LogP contribution in [0.15, 0.2) is 67.2 Å². The Kier molecular flexibility index (Phi) is 6.94. The summed E-state index contributed by atoms with van der Waals surface area (Å²) in [4.78, 5) is 14.0. The zero-order valence-corrected chi connectivity index (χ0v) is 20.0. The van der Waals surface area contributed by atoms with Crippen molar-refractivity contribution in [2.75, 3.05) is 31.1 Å². The second kappa shape index (κ2) is 10.0. The number of fused-ring (bicyclic) bond motifs is 1. The van der Waals surface area contributed by atoms with E-state index < -0.39 is 0 Å². The van der Waals surface area contributed by atoms with Crippen molar-refractivity contribution >= 4 is 11.6 Å². The van der Waals surface area contributed by atoms with E-state index in [9.17, 15) is 0 Å². The zero-order valence-electron chi connectivity index (χ0n) is 20.0. The molecule has 6 heteroatoms. The monoisotopic (exact) mass is 442 g/mol. The summed E-state index contributed by atoms with van der Waals surface area (Å²) in [7, 11) is 0. The molecule has 1 aromatic carbocycles. The van der Waals surface area contributed by atoms with E-state index in [0.29, 0.717) is 0 Å². The van der Waals surface area contributed by atoms with Crippen molar-refractivity contribution in [3.63, 3.8) is 0 Å². The summed E-state index contributed by atoms with van der Waals surface area (Å²) in [5, 5.41) is 6.87. The third kappa shape index (κ3) is 5.01. The molecule has 0 saturated carbocycles. The molecule has 2 N–H and O–H groups in total. The van der Waals surface area contributed by atoms with Gasteiger partial charge in [0.2, 0.25) is 5.95 Å². The summed E-state index contributed by atoms with van der Waals surface area (Å²) < 4.78 is 0. The van der Waals surface area contributed by atoms with Gasteiger partial charge in [-0.25, -0.2) is 9.97 Å². The third-order valence-corrected chi connectivity index (χ3v) is 6.32. The van der Waals surface area contributed by atoms with Gasteiger partial charge in [-0.05, 0) is 61.2 Å². The first-order valence-electron chi connectivity index (χ1n) is 11.6. The molecule has 2 aliphatic heterocycles. The molecule has 0 unspecified atom stereocenters. The second-order valence-electron chi connectivity index (χ2n) is 8.65. The van der Waals surface area contributed by atoms with Crippen LogP contribution in [0, 0.1) is 13.8 Å². The summed E-state index contributed by atoms with van der Waals surface area (Å²) >= 11 is 0. The first-order chi connectivity index (χ1) is 16.0. The number of aromatic nitrogens is 2. The number of nitrogens with one attached hydrogen (secondary N) is 2. The molecule has 0 aliphatic carbocycles. The van der Waals surface area contributed by atoms with Crippen LogP contribution < -0.4 is 15.5 Å². The molecule has 0 radical (unpaired) electrons. The van der Waals surface area contributed by atoms with Crippen molar-refractivity contribution < 1.29 is 0 Å². The predicted octanol–water partition coefficient (Wildman–Crippen LogP) is 4.05. The van der Waals surface area contributed by atoms with Gasteiger partial charge in [0.25, 0.3) is 0 Å². The lowest BCUT2D eigenvalue weighted by Crippen LogP contribution is -2.43. The molecular weight excluding hydrogens is 408 g/mol. The number of hydrogen-bond acceptors (Lipinski definition) is 6. The van der Waals surface area contributed by atoms with E-state index in [1.807, 2.05) is 25.3 Å². The summed E-state index contributed by atoms with van der Waals surface area (Å²) in [5.74, 6) is 0.724. The van der Waals surface area contributed by atoms with Crippen LogP contribution in [-0.2, 0) is 13.1 Å². The average Bonchev–Trinajstić information content (AvgIpc) is 3.24. The number of aryl methyl sites for hydroxylation is 2. The summed E-state index contributed by atoms with van der Waals surface area (Å²) in [6.45, 7) is 20.2. The minimum atomic E-state index is 0.724. The normalized spacial score (nSPS) is 16.6. The molecular formula is C27H34N6. The number of piperazine rings is 1. The Morgan fingerprint density at radius 1 is 1.12 bits per heavy atom. The SMILES string of the molecule is C=C/C(NC(=C)c1ccnc(N2Cc3cc(C)c(C)cc3C2)n1)=C(\C=C/C)N1CCNCC1. The van der Waals surface area contributed by atoms with Crippen LogP contribution >= 0.6 is 0 Å². The fourth-order valence-corrected chi connectivity index (χ4v) is 4.38. The maximum atomic E-state index is 4.84. The quantitative estimate of drug-likeness (QED) is 0.631. The largest absolute Gasteiger partial charge is 0.367 e. The Morgan fingerprint density at radius 3 is 2.39 bits per heavy atom. The lowest BCUT2D eigenvalue weighted by Gasteiger charge is -2.32. The first kappa shape index (κ1) is 22.8. The lowest BCUT2D eigenvalue weighted by molar-refractivity contribution is 0.304. The molecule has 1 fully saturated rings. The van der Waals surface area contributed by atoms with Crippen LogP contribution in [0.25, 0.3) is 5.70 Å². The van der Waals surface area contributed by atoms with Gasteiger partial charge < -0.3 is 20.4 Å². The van der Waals surface area contributed by atoms with Gasteiger partial charge in [-0.15, -0.1) is 0 Å². The molecule has 0 spiro atoms. The second-order valence-corrected chi connectivity index (χ2v) is 8.65. The Hall–Kier alpha value is -3.38. The van der Waals surface area contributed by atoms with Crippen LogP contribution in [0.2, 0.25) is 0 Å². The summed E-state index contributed by atoms with van der Waals surface area (Å²) in [6, 6.07) is 6.47. The molecule has 2 aromatic rings. The number of benzene rings is 1. The fourth-order valence-electron chi connectivity index (χ4n) is 4.38. The number of nitrogens with zero attached hydrogens (tertiary/aromatic N) is 4. The fraction of sp³-hybridized carbons (Fsp3) is 0.333. The van der Waals surface area contributed by atoms with Crippen molar-refractivity contribution in [3.8, 4) is 0 Å². The standard InChI is InChI=1S/C27H34N6/c1-6-8-26(32-13-11-28-12-14-32)24(7-2)30-21(5)25-9-10-29-27(31-25)33-17-22-15-19(3)20(4)16-23(22)18-33/h6-10,15-16,28,30H,2,5,11-14,17-18H2,1,3-4H3/b8-6-,26-24-. The molecule has 1 saturated heterocycles. The van der Waals surface area contributed by atoms with E-state index in [1.54, 1.807) is 0 Å². The van der Waals surface area contributed by atoms with Gasteiger partial charge in [0, 0.05) is 45.5 Å². The van der Waals surface area contributed by atoms with Gasteiger partial charge >= 0.3 is 0 Å². The molecule has 1 aromatic heterocycles. The molecule has 33 heavy (non-hydrogen) atoms. The van der Waals surface area contributed by atoms with Crippen molar-refractivity contribution in [2.45, 2.75) is 33.9 Å². The number of anilines is 1. The van der Waals surface area contributed by atoms with Crippen LogP contribution in [0.4, 0.5) is 5.95 Å². The first-order valence-corrected chi connectivity index (χ1v) is 11.6. The lowest BCUT2D eigenvalue weighted by atomic mass is 10.0. The van der Waals surface area contributed by atoms with Crippen molar-refractivity contribution in [3.05, 3.63) is 95.1 Å². The van der Waals surface area contributed by atoms with Gasteiger partial charge in [-0.3, -0.25) is 0 Å². The van der Waals surface area contributed by atoms with Crippen LogP contribution in [0.1, 0.15) is 34.9 Å². The van der Waals surface area contributed by atoms with E-state index in [0.717, 1.165) is 68.0 Å². The highest BCUT2D eigenvalue weighted by molar-refractivity contribution is 5.62. The highest BCUT2D eigenvalue weighted by Crippen LogP contribution is 2.28. The average molecular weight is 443 g/mol. The maximum Gasteiger partial charge on any atom is 0.226 e. The van der Waals surface area contributed by atoms with E-state index in [1.165, 1.54) is 22.3 Å². The van der Waals surface area contributed by atoms with Crippen molar-refractivity contribution in [2.24, 2.45) is 0 Å². The molecule has 172 valence electrons. The van der Waals surface area contributed by atoms with E-state index in [2.05, 4.69) is 76.7 Å². The summed E-state index contributed by atoms with van der Waals surface area (Å²) in [5.41, 5.74) is 8.92. The topological polar surface area (TPSA) is 56.3 Å². The number of hydrogen-bond donors (Lipinski definition) is 2. The van der Waals surface area contributed by atoms with Gasteiger partial charge in [-0.1, -0.05) is 31.4 Å². The Balaban J connectivity index is 1.54. The Labute approximate surface area is 197 Å². The van der Waals surface area contributed by atoms with Gasteiger partial charge in [0.1, 0.15) is 0 Å². The van der Waals surface area contributed by atoms with E-state index in [4.69, 9.17) is 4.98 Å². The molecule has 3 heterocycles. The van der Waals surface area contributed by atoms with Crippen molar-refractivity contribution in [1.29, 1.82) is 0 Å². The van der Waals surface area contributed by atoms with Gasteiger partial charge in [0.05, 0.1) is 22.8 Å². The molecule has 4 rings (SSSR count). The van der Waals surface area contributed by atoms with E-state index >= 15 is 0 Å². The highest BCUT2D eigenvalue weighted by atomic mass is 15.3. The molecule has 0 bridgehead atoms. The number of rotatable bonds is 7. The van der Waals surface area contributed by atoms with Crippen LogP contribution in [-0.4, -0.2) is 41.0 Å². The minimum Gasteiger partial charge on any atom is -0.367 e. The van der Waals surface area contributed by atoms with Crippen molar-refractivity contribution in [1.82, 2.24) is 25.5 Å². The zero-order chi connectivity index (χ0) is 23.4. The minimum absolute atomic E-state index is 0.724.